The number of nitrogens with two attached hydrogens (primary N) is 1. The molecule has 1 amide bonds. The van der Waals surface area contributed by atoms with Crippen molar-refractivity contribution < 1.29 is 10.0 Å². The minimum Gasteiger partial charge on any atom is -0.409 e. The molecule has 1 aromatic carbocycles. The number of amides is 1. The number of hydrogen-bond acceptors (Lipinski definition) is 3. The van der Waals surface area contributed by atoms with Crippen LogP contribution in [0.15, 0.2) is 29.4 Å². The van der Waals surface area contributed by atoms with Crippen LogP contribution < -0.4 is 11.1 Å². The average Bonchev–Trinajstić information content (AvgIpc) is 2.43. The lowest BCUT2D eigenvalue weighted by atomic mass is 10.0. The molecule has 1 unspecified atom stereocenters. The second-order valence-electron chi connectivity index (χ2n) is 4.77. The molecule has 1 rings (SSSR count). The highest BCUT2D eigenvalue weighted by Gasteiger charge is 2.21. The Bertz CT molecular complexity index is 452. The third-order valence-electron chi connectivity index (χ3n) is 3.01. The summed E-state index contributed by atoms with van der Waals surface area (Å²) >= 11 is 0. The molecule has 0 aliphatic carbocycles. The molecule has 1 aromatic rings. The van der Waals surface area contributed by atoms with Gasteiger partial charge >= 0.3 is 0 Å². The summed E-state index contributed by atoms with van der Waals surface area (Å²) in [7, 11) is 0. The van der Waals surface area contributed by atoms with E-state index in [4.69, 9.17) is 10.9 Å². The van der Waals surface area contributed by atoms with Gasteiger partial charge in [0.25, 0.3) is 5.91 Å². The third kappa shape index (κ3) is 3.98. The molecular weight excluding hydrogens is 242 g/mol. The molecule has 5 heteroatoms. The topological polar surface area (TPSA) is 87.7 Å². The van der Waals surface area contributed by atoms with Crippen LogP contribution in [0.1, 0.15) is 36.7 Å². The summed E-state index contributed by atoms with van der Waals surface area (Å²) in [5.74, 6) is -0.184. The van der Waals surface area contributed by atoms with E-state index in [1.54, 1.807) is 12.1 Å². The maximum absolute atomic E-state index is 12.1. The van der Waals surface area contributed by atoms with Crippen molar-refractivity contribution in [2.24, 2.45) is 16.8 Å². The Morgan fingerprint density at radius 3 is 2.37 bits per heavy atom. The quantitative estimate of drug-likeness (QED) is 0.327. The number of carbonyl (C=O) groups excluding carboxylic acids is 1. The second kappa shape index (κ2) is 6.78. The summed E-state index contributed by atoms with van der Waals surface area (Å²) in [5, 5.41) is 14.4. The van der Waals surface area contributed by atoms with Crippen LogP contribution in [-0.4, -0.2) is 23.0 Å². The zero-order chi connectivity index (χ0) is 14.4. The SMILES string of the molecule is CCc1ccc(C(=O)NC(C(N)=NO)C(C)C)cc1. The smallest absolute Gasteiger partial charge is 0.251 e. The molecule has 0 fully saturated rings. The van der Waals surface area contributed by atoms with E-state index in [1.807, 2.05) is 26.0 Å². The van der Waals surface area contributed by atoms with Crippen molar-refractivity contribution >= 4 is 11.7 Å². The van der Waals surface area contributed by atoms with Crippen LogP contribution in [-0.2, 0) is 6.42 Å². The molecule has 0 saturated carbocycles. The van der Waals surface area contributed by atoms with E-state index in [0.29, 0.717) is 5.56 Å². The molecule has 4 N–H and O–H groups in total. The Hall–Kier alpha value is -2.04. The van der Waals surface area contributed by atoms with E-state index in [-0.39, 0.29) is 17.7 Å². The first-order valence-corrected chi connectivity index (χ1v) is 6.36. The van der Waals surface area contributed by atoms with Gasteiger partial charge in [-0.3, -0.25) is 4.79 Å². The van der Waals surface area contributed by atoms with Gasteiger partial charge in [-0.2, -0.15) is 0 Å². The molecule has 0 saturated heterocycles. The lowest BCUT2D eigenvalue weighted by Crippen LogP contribution is -2.47. The van der Waals surface area contributed by atoms with Gasteiger partial charge in [-0.05, 0) is 30.0 Å². The minimum absolute atomic E-state index is 0.00790. The standard InChI is InChI=1S/C14H21N3O2/c1-4-10-5-7-11(8-6-10)14(18)16-12(9(2)3)13(15)17-19/h5-9,12,19H,4H2,1-3H3,(H2,15,17)(H,16,18). The Morgan fingerprint density at radius 1 is 1.37 bits per heavy atom. The Labute approximate surface area is 113 Å². The van der Waals surface area contributed by atoms with Gasteiger partial charge in [0, 0.05) is 5.56 Å². The number of oxime groups is 1. The number of benzene rings is 1. The molecule has 0 spiro atoms. The predicted molar refractivity (Wildman–Crippen MR) is 75.3 cm³/mol. The van der Waals surface area contributed by atoms with Crippen molar-refractivity contribution in [3.63, 3.8) is 0 Å². The lowest BCUT2D eigenvalue weighted by Gasteiger charge is -2.20. The number of hydrogen-bond donors (Lipinski definition) is 3. The van der Waals surface area contributed by atoms with Crippen LogP contribution in [0.4, 0.5) is 0 Å². The van der Waals surface area contributed by atoms with Gasteiger partial charge in [-0.1, -0.05) is 38.1 Å². The molecule has 0 aliphatic heterocycles. The molecule has 0 heterocycles. The maximum atomic E-state index is 12.1. The van der Waals surface area contributed by atoms with Gasteiger partial charge in [0.2, 0.25) is 0 Å². The zero-order valence-corrected chi connectivity index (χ0v) is 11.6. The number of amidine groups is 1. The van der Waals surface area contributed by atoms with Crippen LogP contribution in [0.2, 0.25) is 0 Å². The molecule has 0 aliphatic rings. The van der Waals surface area contributed by atoms with Gasteiger partial charge < -0.3 is 16.3 Å². The fraction of sp³-hybridized carbons (Fsp3) is 0.429. The van der Waals surface area contributed by atoms with E-state index in [2.05, 4.69) is 17.4 Å². The summed E-state index contributed by atoms with van der Waals surface area (Å²) < 4.78 is 0. The van der Waals surface area contributed by atoms with E-state index < -0.39 is 6.04 Å². The predicted octanol–water partition coefficient (Wildman–Crippen LogP) is 1.75. The fourth-order valence-electron chi connectivity index (χ4n) is 1.76. The zero-order valence-electron chi connectivity index (χ0n) is 11.6. The van der Waals surface area contributed by atoms with Gasteiger partial charge in [-0.15, -0.1) is 0 Å². The van der Waals surface area contributed by atoms with Crippen LogP contribution in [0.3, 0.4) is 0 Å². The highest BCUT2D eigenvalue weighted by molar-refractivity contribution is 5.98. The van der Waals surface area contributed by atoms with Crippen LogP contribution in [0.25, 0.3) is 0 Å². The summed E-state index contributed by atoms with van der Waals surface area (Å²) in [6.07, 6.45) is 0.931. The first-order valence-electron chi connectivity index (χ1n) is 6.36. The summed E-state index contributed by atoms with van der Waals surface area (Å²) in [6.45, 7) is 5.84. The molecule has 0 bridgehead atoms. The maximum Gasteiger partial charge on any atom is 0.251 e. The largest absolute Gasteiger partial charge is 0.409 e. The summed E-state index contributed by atoms with van der Waals surface area (Å²) in [6, 6.07) is 6.91. The van der Waals surface area contributed by atoms with Gasteiger partial charge in [-0.25, -0.2) is 0 Å². The van der Waals surface area contributed by atoms with Crippen molar-refractivity contribution in [3.05, 3.63) is 35.4 Å². The van der Waals surface area contributed by atoms with Gasteiger partial charge in [0.1, 0.15) is 0 Å². The summed E-state index contributed by atoms with van der Waals surface area (Å²) in [5.41, 5.74) is 7.31. The molecular formula is C14H21N3O2. The number of rotatable bonds is 5. The van der Waals surface area contributed by atoms with Crippen LogP contribution in [0.5, 0.6) is 0 Å². The number of nitrogens with one attached hydrogen (secondary N) is 1. The molecule has 5 nitrogen and oxygen atoms in total. The van der Waals surface area contributed by atoms with Crippen molar-refractivity contribution in [2.75, 3.05) is 0 Å². The van der Waals surface area contributed by atoms with Gasteiger partial charge in [0.15, 0.2) is 5.84 Å². The monoisotopic (exact) mass is 263 g/mol. The first-order chi connectivity index (χ1) is 8.99. The number of aryl methyl sites for hydroxylation is 1. The van der Waals surface area contributed by atoms with Crippen molar-refractivity contribution in [2.45, 2.75) is 33.2 Å². The van der Waals surface area contributed by atoms with E-state index in [1.165, 1.54) is 5.56 Å². The van der Waals surface area contributed by atoms with Crippen molar-refractivity contribution in [1.82, 2.24) is 5.32 Å². The first kappa shape index (κ1) is 15.0. The number of carbonyl (C=O) groups is 1. The third-order valence-corrected chi connectivity index (χ3v) is 3.01. The molecule has 0 radical (unpaired) electrons. The van der Waals surface area contributed by atoms with Gasteiger partial charge in [0.05, 0.1) is 6.04 Å². The number of nitrogens with zero attached hydrogens (tertiary/aromatic N) is 1. The summed E-state index contributed by atoms with van der Waals surface area (Å²) in [4.78, 5) is 12.1. The molecule has 0 aromatic heterocycles. The van der Waals surface area contributed by atoms with E-state index in [9.17, 15) is 4.79 Å². The Morgan fingerprint density at radius 2 is 1.95 bits per heavy atom. The second-order valence-corrected chi connectivity index (χ2v) is 4.77. The Balaban J connectivity index is 2.81. The van der Waals surface area contributed by atoms with Crippen LogP contribution in [0, 0.1) is 5.92 Å². The highest BCUT2D eigenvalue weighted by atomic mass is 16.4. The molecule has 1 atom stereocenters. The molecule has 104 valence electrons. The van der Waals surface area contributed by atoms with Crippen molar-refractivity contribution in [1.29, 1.82) is 0 Å². The minimum atomic E-state index is -0.483. The van der Waals surface area contributed by atoms with Crippen LogP contribution >= 0.6 is 0 Å². The average molecular weight is 263 g/mol. The van der Waals surface area contributed by atoms with Crippen molar-refractivity contribution in [3.8, 4) is 0 Å². The lowest BCUT2D eigenvalue weighted by molar-refractivity contribution is 0.0939. The van der Waals surface area contributed by atoms with E-state index in [0.717, 1.165) is 6.42 Å². The normalized spacial score (nSPS) is 13.4. The fourth-order valence-corrected chi connectivity index (χ4v) is 1.76. The molecule has 19 heavy (non-hydrogen) atoms. The van der Waals surface area contributed by atoms with E-state index >= 15 is 0 Å². The Kier molecular flexibility index (Phi) is 5.36. The highest BCUT2D eigenvalue weighted by Crippen LogP contribution is 2.07.